The topological polar surface area (TPSA) is 39.2 Å². The minimum atomic E-state index is 0.675. The zero-order valence-corrected chi connectivity index (χ0v) is 6.55. The lowest BCUT2D eigenvalue weighted by Gasteiger charge is -2.05. The van der Waals surface area contributed by atoms with Crippen LogP contribution < -0.4 is 5.73 Å². The van der Waals surface area contributed by atoms with Gasteiger partial charge in [-0.15, -0.1) is 0 Å². The van der Waals surface area contributed by atoms with E-state index in [1.165, 1.54) is 24.0 Å². The standard InChI is InChI=1S/C9H13NO/c10-4-3-7-1-2-8-5-11-6-9(7)8/h5-7H,1-4,10H2. The lowest BCUT2D eigenvalue weighted by atomic mass is 10.0. The maximum atomic E-state index is 5.50. The van der Waals surface area contributed by atoms with Gasteiger partial charge in [0.2, 0.25) is 0 Å². The molecule has 2 nitrogen and oxygen atoms in total. The lowest BCUT2D eigenvalue weighted by molar-refractivity contribution is 0.537. The minimum absolute atomic E-state index is 0.675. The van der Waals surface area contributed by atoms with Gasteiger partial charge in [-0.05, 0) is 42.9 Å². The van der Waals surface area contributed by atoms with E-state index in [9.17, 15) is 0 Å². The molecule has 11 heavy (non-hydrogen) atoms. The fourth-order valence-corrected chi connectivity index (χ4v) is 1.88. The summed E-state index contributed by atoms with van der Waals surface area (Å²) in [5.41, 5.74) is 8.29. The minimum Gasteiger partial charge on any atom is -0.472 e. The first kappa shape index (κ1) is 6.92. The average molecular weight is 151 g/mol. The summed E-state index contributed by atoms with van der Waals surface area (Å²) in [5.74, 6) is 0.675. The van der Waals surface area contributed by atoms with Crippen molar-refractivity contribution >= 4 is 0 Å². The largest absolute Gasteiger partial charge is 0.472 e. The zero-order chi connectivity index (χ0) is 7.68. The van der Waals surface area contributed by atoms with Crippen LogP contribution in [0.3, 0.4) is 0 Å². The van der Waals surface area contributed by atoms with Gasteiger partial charge in [-0.3, -0.25) is 0 Å². The molecule has 0 bridgehead atoms. The number of furan rings is 1. The third-order valence-electron chi connectivity index (χ3n) is 2.49. The summed E-state index contributed by atoms with van der Waals surface area (Å²) in [4.78, 5) is 0. The van der Waals surface area contributed by atoms with Crippen molar-refractivity contribution in [2.75, 3.05) is 6.54 Å². The van der Waals surface area contributed by atoms with E-state index in [-0.39, 0.29) is 0 Å². The first-order valence-electron chi connectivity index (χ1n) is 4.17. The smallest absolute Gasteiger partial charge is 0.0940 e. The quantitative estimate of drug-likeness (QED) is 0.698. The van der Waals surface area contributed by atoms with Crippen molar-refractivity contribution in [3.05, 3.63) is 23.7 Å². The Morgan fingerprint density at radius 2 is 2.45 bits per heavy atom. The van der Waals surface area contributed by atoms with Crippen molar-refractivity contribution in [3.8, 4) is 0 Å². The van der Waals surface area contributed by atoms with Gasteiger partial charge in [0.1, 0.15) is 0 Å². The van der Waals surface area contributed by atoms with Gasteiger partial charge in [-0.2, -0.15) is 0 Å². The summed E-state index contributed by atoms with van der Waals surface area (Å²) in [5, 5.41) is 0. The number of hydrogen-bond donors (Lipinski definition) is 1. The molecule has 1 aromatic rings. The highest BCUT2D eigenvalue weighted by Crippen LogP contribution is 2.35. The Balaban J connectivity index is 2.18. The van der Waals surface area contributed by atoms with Crippen molar-refractivity contribution in [1.82, 2.24) is 0 Å². The first-order valence-corrected chi connectivity index (χ1v) is 4.17. The van der Waals surface area contributed by atoms with Crippen LogP contribution in [0.1, 0.15) is 29.9 Å². The Bertz CT molecular complexity index is 241. The van der Waals surface area contributed by atoms with Crippen LogP contribution in [0.25, 0.3) is 0 Å². The molecule has 1 atom stereocenters. The van der Waals surface area contributed by atoms with Gasteiger partial charge in [-0.25, -0.2) is 0 Å². The highest BCUT2D eigenvalue weighted by Gasteiger charge is 2.22. The molecule has 2 rings (SSSR count). The maximum absolute atomic E-state index is 5.50. The second-order valence-electron chi connectivity index (χ2n) is 3.17. The van der Waals surface area contributed by atoms with Gasteiger partial charge < -0.3 is 10.2 Å². The van der Waals surface area contributed by atoms with Crippen LogP contribution in [0, 0.1) is 0 Å². The van der Waals surface area contributed by atoms with E-state index < -0.39 is 0 Å². The van der Waals surface area contributed by atoms with Gasteiger partial charge in [0.25, 0.3) is 0 Å². The average Bonchev–Trinajstić information content (AvgIpc) is 2.53. The molecule has 0 radical (unpaired) electrons. The fraction of sp³-hybridized carbons (Fsp3) is 0.556. The normalized spacial score (nSPS) is 22.1. The Morgan fingerprint density at radius 3 is 3.27 bits per heavy atom. The Hall–Kier alpha value is -0.760. The van der Waals surface area contributed by atoms with E-state index >= 15 is 0 Å². The summed E-state index contributed by atoms with van der Waals surface area (Å²) < 4.78 is 5.12. The molecule has 0 aromatic carbocycles. The second-order valence-corrected chi connectivity index (χ2v) is 3.17. The van der Waals surface area contributed by atoms with Crippen LogP contribution >= 0.6 is 0 Å². The maximum Gasteiger partial charge on any atom is 0.0940 e. The molecule has 1 aliphatic rings. The van der Waals surface area contributed by atoms with E-state index in [1.54, 1.807) is 0 Å². The third-order valence-corrected chi connectivity index (χ3v) is 2.49. The molecule has 0 spiro atoms. The van der Waals surface area contributed by atoms with Crippen LogP contribution in [0.5, 0.6) is 0 Å². The SMILES string of the molecule is NCCC1CCc2cocc21. The molecule has 0 fully saturated rings. The number of rotatable bonds is 2. The molecule has 0 aliphatic heterocycles. The molecule has 2 heteroatoms. The van der Waals surface area contributed by atoms with E-state index in [0.717, 1.165) is 13.0 Å². The van der Waals surface area contributed by atoms with E-state index in [4.69, 9.17) is 10.2 Å². The number of fused-ring (bicyclic) bond motifs is 1. The molecule has 1 unspecified atom stereocenters. The summed E-state index contributed by atoms with van der Waals surface area (Å²) in [7, 11) is 0. The summed E-state index contributed by atoms with van der Waals surface area (Å²) in [6.45, 7) is 0.787. The molecular weight excluding hydrogens is 138 g/mol. The molecular formula is C9H13NO. The van der Waals surface area contributed by atoms with Crippen LogP contribution in [-0.4, -0.2) is 6.54 Å². The van der Waals surface area contributed by atoms with Gasteiger partial charge in [0, 0.05) is 0 Å². The third kappa shape index (κ3) is 1.07. The summed E-state index contributed by atoms with van der Waals surface area (Å²) in [6.07, 6.45) is 7.29. The monoisotopic (exact) mass is 151 g/mol. The molecule has 2 N–H and O–H groups in total. The van der Waals surface area contributed by atoms with E-state index in [0.29, 0.717) is 5.92 Å². The Morgan fingerprint density at radius 1 is 1.55 bits per heavy atom. The van der Waals surface area contributed by atoms with Crippen molar-refractivity contribution in [3.63, 3.8) is 0 Å². The predicted molar refractivity (Wildman–Crippen MR) is 43.4 cm³/mol. The van der Waals surface area contributed by atoms with Crippen molar-refractivity contribution in [2.45, 2.75) is 25.2 Å². The Labute approximate surface area is 66.4 Å². The number of aryl methyl sites for hydroxylation is 1. The van der Waals surface area contributed by atoms with Gasteiger partial charge in [0.15, 0.2) is 0 Å². The fourth-order valence-electron chi connectivity index (χ4n) is 1.88. The van der Waals surface area contributed by atoms with Gasteiger partial charge in [0.05, 0.1) is 12.5 Å². The van der Waals surface area contributed by atoms with Crippen LogP contribution in [-0.2, 0) is 6.42 Å². The lowest BCUT2D eigenvalue weighted by Crippen LogP contribution is -2.04. The zero-order valence-electron chi connectivity index (χ0n) is 6.55. The molecule has 0 saturated carbocycles. The molecule has 1 heterocycles. The molecule has 0 amide bonds. The second kappa shape index (κ2) is 2.70. The van der Waals surface area contributed by atoms with Crippen molar-refractivity contribution in [1.29, 1.82) is 0 Å². The van der Waals surface area contributed by atoms with Crippen LogP contribution in [0.4, 0.5) is 0 Å². The summed E-state index contributed by atoms with van der Waals surface area (Å²) >= 11 is 0. The summed E-state index contributed by atoms with van der Waals surface area (Å²) in [6, 6.07) is 0. The van der Waals surface area contributed by atoms with E-state index in [2.05, 4.69) is 0 Å². The Kier molecular flexibility index (Phi) is 1.70. The van der Waals surface area contributed by atoms with E-state index in [1.807, 2.05) is 12.5 Å². The number of hydrogen-bond acceptors (Lipinski definition) is 2. The first-order chi connectivity index (χ1) is 5.42. The predicted octanol–water partition coefficient (Wildman–Crippen LogP) is 1.66. The molecule has 0 saturated heterocycles. The van der Waals surface area contributed by atoms with Crippen LogP contribution in [0.15, 0.2) is 16.9 Å². The van der Waals surface area contributed by atoms with Crippen molar-refractivity contribution < 1.29 is 4.42 Å². The highest BCUT2D eigenvalue weighted by molar-refractivity contribution is 5.30. The number of nitrogens with two attached hydrogens (primary N) is 1. The van der Waals surface area contributed by atoms with Crippen molar-refractivity contribution in [2.24, 2.45) is 5.73 Å². The van der Waals surface area contributed by atoms with Gasteiger partial charge in [-0.1, -0.05) is 0 Å². The molecule has 1 aliphatic carbocycles. The highest BCUT2D eigenvalue weighted by atomic mass is 16.3. The van der Waals surface area contributed by atoms with Gasteiger partial charge >= 0.3 is 0 Å². The molecule has 60 valence electrons. The molecule has 1 aromatic heterocycles. The van der Waals surface area contributed by atoms with Crippen LogP contribution in [0.2, 0.25) is 0 Å².